The lowest BCUT2D eigenvalue weighted by atomic mass is 10.0. The van der Waals surface area contributed by atoms with Gasteiger partial charge in [0, 0.05) is 0 Å². The predicted octanol–water partition coefficient (Wildman–Crippen LogP) is 3.23. The molecule has 2 rings (SSSR count). The van der Waals surface area contributed by atoms with Gasteiger partial charge in [-0.1, -0.05) is 24.3 Å². The lowest BCUT2D eigenvalue weighted by molar-refractivity contribution is 0.237. The first-order valence-electron chi connectivity index (χ1n) is 8.04. The summed E-state index contributed by atoms with van der Waals surface area (Å²) >= 11 is 11.6. The van der Waals surface area contributed by atoms with Gasteiger partial charge in [0.25, 0.3) is 0 Å². The average molecular weight is 385 g/mol. The van der Waals surface area contributed by atoms with Gasteiger partial charge in [-0.15, -0.1) is 23.2 Å². The van der Waals surface area contributed by atoms with Crippen molar-refractivity contribution in [2.75, 3.05) is 26.4 Å². The highest BCUT2D eigenvalue weighted by Gasteiger charge is 2.05. The zero-order chi connectivity index (χ0) is 18.1. The lowest BCUT2D eigenvalue weighted by Crippen LogP contribution is -2.15. The minimum Gasteiger partial charge on any atom is -0.492 e. The first-order valence-corrected chi connectivity index (χ1v) is 8.91. The molecule has 6 heteroatoms. The fraction of sp³-hybridized carbons (Fsp3) is 0.368. The Morgan fingerprint density at radius 2 is 1.04 bits per heavy atom. The Hall–Kier alpha value is -1.46. The van der Waals surface area contributed by atoms with Crippen molar-refractivity contribution in [3.63, 3.8) is 0 Å². The van der Waals surface area contributed by atoms with Crippen LogP contribution in [0.5, 0.6) is 11.5 Å². The second-order valence-electron chi connectivity index (χ2n) is 5.65. The molecule has 2 N–H and O–H groups in total. The summed E-state index contributed by atoms with van der Waals surface area (Å²) in [5.41, 5.74) is 2.32. The minimum atomic E-state index is -0.396. The van der Waals surface area contributed by atoms with E-state index >= 15 is 0 Å². The average Bonchev–Trinajstić information content (AvgIpc) is 2.66. The van der Waals surface area contributed by atoms with Gasteiger partial charge in [0.05, 0.1) is 24.0 Å². The van der Waals surface area contributed by atoms with E-state index in [1.165, 1.54) is 0 Å². The number of alkyl halides is 2. The molecule has 0 radical (unpaired) electrons. The van der Waals surface area contributed by atoms with E-state index in [0.29, 0.717) is 0 Å². The van der Waals surface area contributed by atoms with Crippen LogP contribution in [0.25, 0.3) is 0 Å². The third-order valence-corrected chi connectivity index (χ3v) is 4.04. The van der Waals surface area contributed by atoms with Gasteiger partial charge in [-0.2, -0.15) is 0 Å². The van der Waals surface area contributed by atoms with E-state index in [4.69, 9.17) is 42.9 Å². The highest BCUT2D eigenvalue weighted by molar-refractivity contribution is 6.21. The third-order valence-electron chi connectivity index (χ3n) is 3.51. The molecule has 0 amide bonds. The van der Waals surface area contributed by atoms with Crippen LogP contribution in [0.4, 0.5) is 0 Å². The number of halogens is 2. The van der Waals surface area contributed by atoms with Crippen LogP contribution in [-0.4, -0.2) is 47.4 Å². The molecule has 0 fully saturated rings. The van der Waals surface area contributed by atoms with Crippen LogP contribution in [0.1, 0.15) is 11.1 Å². The number of hydrogen-bond acceptors (Lipinski definition) is 4. The molecule has 2 atom stereocenters. The van der Waals surface area contributed by atoms with Crippen molar-refractivity contribution in [1.29, 1.82) is 0 Å². The molecule has 136 valence electrons. The quantitative estimate of drug-likeness (QED) is 0.617. The Morgan fingerprint density at radius 1 is 0.680 bits per heavy atom. The van der Waals surface area contributed by atoms with Crippen LogP contribution in [-0.2, 0) is 6.42 Å². The molecular weight excluding hydrogens is 363 g/mol. The number of benzene rings is 2. The SMILES string of the molecule is OCC(Cl)COc1ccc(Cc2ccc(OCC(Cl)CO)cc2)cc1. The van der Waals surface area contributed by atoms with Crippen molar-refractivity contribution >= 4 is 23.2 Å². The normalized spacial score (nSPS) is 13.3. The first-order chi connectivity index (χ1) is 12.1. The summed E-state index contributed by atoms with van der Waals surface area (Å²) in [5.74, 6) is 1.46. The zero-order valence-corrected chi connectivity index (χ0v) is 15.3. The molecule has 0 aliphatic carbocycles. The zero-order valence-electron chi connectivity index (χ0n) is 13.8. The maximum Gasteiger partial charge on any atom is 0.119 e. The highest BCUT2D eigenvalue weighted by Crippen LogP contribution is 2.18. The standard InChI is InChI=1S/C19H22Cl2O4/c20-16(10-22)12-24-18-5-1-14(2-6-18)9-15-3-7-19(8-4-15)25-13-17(21)11-23/h1-8,16-17,22-23H,9-13H2. The molecule has 2 unspecified atom stereocenters. The van der Waals surface area contributed by atoms with Crippen LogP contribution in [0, 0.1) is 0 Å². The molecule has 0 heterocycles. The highest BCUT2D eigenvalue weighted by atomic mass is 35.5. The summed E-state index contributed by atoms with van der Waals surface area (Å²) in [7, 11) is 0. The largest absolute Gasteiger partial charge is 0.492 e. The van der Waals surface area contributed by atoms with Gasteiger partial charge in [-0.25, -0.2) is 0 Å². The molecule has 0 aliphatic rings. The topological polar surface area (TPSA) is 58.9 Å². The van der Waals surface area contributed by atoms with Crippen molar-refractivity contribution in [1.82, 2.24) is 0 Å². The molecule has 0 saturated heterocycles. The summed E-state index contributed by atoms with van der Waals surface area (Å²) in [4.78, 5) is 0. The summed E-state index contributed by atoms with van der Waals surface area (Å²) in [6.45, 7) is 0.340. The van der Waals surface area contributed by atoms with Crippen LogP contribution >= 0.6 is 23.2 Å². The first kappa shape index (κ1) is 19.9. The van der Waals surface area contributed by atoms with Gasteiger partial charge < -0.3 is 19.7 Å². The minimum absolute atomic E-state index is 0.106. The molecule has 0 aromatic heterocycles. The van der Waals surface area contributed by atoms with E-state index in [9.17, 15) is 0 Å². The summed E-state index contributed by atoms with van der Waals surface area (Å²) in [6.07, 6.45) is 0.796. The number of hydrogen-bond donors (Lipinski definition) is 2. The molecule has 25 heavy (non-hydrogen) atoms. The van der Waals surface area contributed by atoms with E-state index in [1.807, 2.05) is 48.5 Å². The molecule has 0 aliphatic heterocycles. The van der Waals surface area contributed by atoms with Crippen LogP contribution < -0.4 is 9.47 Å². The number of aliphatic hydroxyl groups is 2. The summed E-state index contributed by atoms with van der Waals surface area (Å²) in [5, 5.41) is 17.0. The number of ether oxygens (including phenoxy) is 2. The van der Waals surface area contributed by atoms with E-state index in [2.05, 4.69) is 0 Å². The molecule has 0 bridgehead atoms. The smallest absolute Gasteiger partial charge is 0.119 e. The molecule has 0 spiro atoms. The Balaban J connectivity index is 1.85. The van der Waals surface area contributed by atoms with Gasteiger partial charge in [0.15, 0.2) is 0 Å². The van der Waals surface area contributed by atoms with E-state index in [0.717, 1.165) is 29.0 Å². The fourth-order valence-electron chi connectivity index (χ4n) is 2.12. The molecule has 2 aromatic carbocycles. The van der Waals surface area contributed by atoms with Crippen molar-refractivity contribution in [2.24, 2.45) is 0 Å². The van der Waals surface area contributed by atoms with Gasteiger partial charge in [-0.3, -0.25) is 0 Å². The van der Waals surface area contributed by atoms with E-state index < -0.39 is 10.8 Å². The van der Waals surface area contributed by atoms with Gasteiger partial charge in [0.1, 0.15) is 24.7 Å². The van der Waals surface area contributed by atoms with Gasteiger partial charge in [0.2, 0.25) is 0 Å². The maximum atomic E-state index is 8.88. The van der Waals surface area contributed by atoms with Gasteiger partial charge in [-0.05, 0) is 41.8 Å². The number of rotatable bonds is 10. The van der Waals surface area contributed by atoms with Gasteiger partial charge >= 0.3 is 0 Å². The Labute approximate surface area is 157 Å². The Kier molecular flexibility index (Phi) is 8.35. The van der Waals surface area contributed by atoms with E-state index in [1.54, 1.807) is 0 Å². The van der Waals surface area contributed by atoms with Crippen molar-refractivity contribution in [3.05, 3.63) is 59.7 Å². The van der Waals surface area contributed by atoms with Crippen molar-refractivity contribution in [3.8, 4) is 11.5 Å². The van der Waals surface area contributed by atoms with Crippen LogP contribution in [0.3, 0.4) is 0 Å². The second kappa shape index (κ2) is 10.5. The molecule has 2 aromatic rings. The van der Waals surface area contributed by atoms with Crippen molar-refractivity contribution < 1.29 is 19.7 Å². The maximum absolute atomic E-state index is 8.88. The summed E-state index contributed by atoms with van der Waals surface area (Å²) in [6, 6.07) is 15.6. The monoisotopic (exact) mass is 384 g/mol. The third kappa shape index (κ3) is 7.12. The van der Waals surface area contributed by atoms with Crippen molar-refractivity contribution in [2.45, 2.75) is 17.2 Å². The molecule has 4 nitrogen and oxygen atoms in total. The summed E-state index contributed by atoms with van der Waals surface area (Å²) < 4.78 is 11.0. The molecule has 0 saturated carbocycles. The fourth-order valence-corrected chi connectivity index (χ4v) is 2.25. The Bertz CT molecular complexity index is 561. The second-order valence-corrected chi connectivity index (χ2v) is 6.88. The Morgan fingerprint density at radius 3 is 1.36 bits per heavy atom. The van der Waals surface area contributed by atoms with Crippen LogP contribution in [0.2, 0.25) is 0 Å². The van der Waals surface area contributed by atoms with E-state index in [-0.39, 0.29) is 26.4 Å². The molecular formula is C19H22Cl2O4. The lowest BCUT2D eigenvalue weighted by Gasteiger charge is -2.11. The predicted molar refractivity (Wildman–Crippen MR) is 100 cm³/mol. The number of aliphatic hydroxyl groups excluding tert-OH is 2. The van der Waals surface area contributed by atoms with Crippen LogP contribution in [0.15, 0.2) is 48.5 Å².